The average Bonchev–Trinajstić information content (AvgIpc) is 3.26. The molecule has 0 spiro atoms. The molecule has 2 aromatic carbocycles. The fraction of sp³-hybridized carbons (Fsp3) is 0.435. The van der Waals surface area contributed by atoms with Gasteiger partial charge in [0.25, 0.3) is 0 Å². The maximum Gasteiger partial charge on any atom is 0.191 e. The zero-order valence-corrected chi connectivity index (χ0v) is 22.1. The second kappa shape index (κ2) is 12.8. The number of hydrogen-bond donors (Lipinski definition) is 2. The minimum Gasteiger partial charge on any atom is -0.495 e. The number of nitrogens with zero attached hydrogens (tertiary/aromatic N) is 2. The van der Waals surface area contributed by atoms with Crippen LogP contribution in [0.4, 0.5) is 5.69 Å². The minimum absolute atomic E-state index is 0. The molecule has 1 heterocycles. The number of nitrogens with one attached hydrogen (secondary N) is 2. The van der Waals surface area contributed by atoms with E-state index < -0.39 is 0 Å². The second-order valence-corrected chi connectivity index (χ2v) is 7.62. The maximum absolute atomic E-state index is 6.38. The van der Waals surface area contributed by atoms with Gasteiger partial charge in [0, 0.05) is 32.7 Å². The number of para-hydroxylation sites is 2. The van der Waals surface area contributed by atoms with Crippen molar-refractivity contribution in [2.45, 2.75) is 25.9 Å². The molecule has 0 aliphatic carbocycles. The summed E-state index contributed by atoms with van der Waals surface area (Å²) in [6, 6.07) is 12.2. The van der Waals surface area contributed by atoms with Crippen LogP contribution in [0.1, 0.15) is 18.9 Å². The van der Waals surface area contributed by atoms with Gasteiger partial charge in [0.05, 0.1) is 31.5 Å². The second-order valence-electron chi connectivity index (χ2n) is 7.22. The Kier molecular flexibility index (Phi) is 10.5. The van der Waals surface area contributed by atoms with Crippen LogP contribution in [0.15, 0.2) is 41.4 Å². The predicted octanol–water partition coefficient (Wildman–Crippen LogP) is 4.32. The summed E-state index contributed by atoms with van der Waals surface area (Å²) in [5.41, 5.74) is 2.10. The molecule has 2 aromatic rings. The SMILES string of the molecule is CCOc1c(Cl)cc(CNC(=NC)NC2CCN(c3ccccc3OC)C2)cc1OC.I. The molecule has 1 aliphatic rings. The van der Waals surface area contributed by atoms with Crippen LogP contribution in [0.2, 0.25) is 5.02 Å². The van der Waals surface area contributed by atoms with E-state index in [0.29, 0.717) is 29.7 Å². The molecule has 1 aliphatic heterocycles. The molecule has 0 amide bonds. The number of halogens is 2. The molecule has 176 valence electrons. The Hall–Kier alpha value is -2.07. The van der Waals surface area contributed by atoms with Crippen LogP contribution in [0.25, 0.3) is 0 Å². The number of methoxy groups -OCH3 is 2. The first-order valence-electron chi connectivity index (χ1n) is 10.4. The summed E-state index contributed by atoms with van der Waals surface area (Å²) in [5, 5.41) is 7.41. The van der Waals surface area contributed by atoms with Gasteiger partial charge in [-0.2, -0.15) is 0 Å². The van der Waals surface area contributed by atoms with Crippen molar-refractivity contribution in [2.24, 2.45) is 4.99 Å². The Balaban J connectivity index is 0.00000363. The van der Waals surface area contributed by atoms with Crippen molar-refractivity contribution in [3.63, 3.8) is 0 Å². The Morgan fingerprint density at radius 2 is 1.94 bits per heavy atom. The first-order valence-corrected chi connectivity index (χ1v) is 10.8. The molecule has 1 fully saturated rings. The normalized spacial score (nSPS) is 15.7. The van der Waals surface area contributed by atoms with Gasteiger partial charge in [0.15, 0.2) is 17.5 Å². The number of anilines is 1. The van der Waals surface area contributed by atoms with E-state index in [4.69, 9.17) is 25.8 Å². The summed E-state index contributed by atoms with van der Waals surface area (Å²) in [6.07, 6.45) is 1.02. The Labute approximate surface area is 212 Å². The summed E-state index contributed by atoms with van der Waals surface area (Å²) in [5.74, 6) is 2.83. The monoisotopic (exact) mass is 574 g/mol. The molecular formula is C23H32ClIN4O3. The number of guanidine groups is 1. The molecule has 0 radical (unpaired) electrons. The van der Waals surface area contributed by atoms with Crippen molar-refractivity contribution >= 4 is 47.2 Å². The number of ether oxygens (including phenoxy) is 3. The van der Waals surface area contributed by atoms with Gasteiger partial charge in [0.1, 0.15) is 5.75 Å². The van der Waals surface area contributed by atoms with Gasteiger partial charge in [-0.05, 0) is 43.2 Å². The van der Waals surface area contributed by atoms with Gasteiger partial charge in [-0.1, -0.05) is 23.7 Å². The Morgan fingerprint density at radius 3 is 2.62 bits per heavy atom. The van der Waals surface area contributed by atoms with Crippen LogP contribution in [0.5, 0.6) is 17.2 Å². The number of aliphatic imine (C=N–C) groups is 1. The number of benzene rings is 2. The molecule has 0 bridgehead atoms. The van der Waals surface area contributed by atoms with E-state index in [1.807, 2.05) is 37.3 Å². The highest BCUT2D eigenvalue weighted by molar-refractivity contribution is 14.0. The van der Waals surface area contributed by atoms with Crippen LogP contribution in [0, 0.1) is 0 Å². The Morgan fingerprint density at radius 1 is 1.19 bits per heavy atom. The minimum atomic E-state index is 0. The number of rotatable bonds is 8. The van der Waals surface area contributed by atoms with Crippen LogP contribution in [0.3, 0.4) is 0 Å². The lowest BCUT2D eigenvalue weighted by molar-refractivity contribution is 0.311. The predicted molar refractivity (Wildman–Crippen MR) is 142 cm³/mol. The molecule has 1 saturated heterocycles. The third-order valence-electron chi connectivity index (χ3n) is 5.22. The summed E-state index contributed by atoms with van der Waals surface area (Å²) >= 11 is 6.38. The van der Waals surface area contributed by atoms with E-state index in [1.54, 1.807) is 21.3 Å². The van der Waals surface area contributed by atoms with Crippen molar-refractivity contribution < 1.29 is 14.2 Å². The molecule has 3 rings (SSSR count). The zero-order chi connectivity index (χ0) is 22.2. The van der Waals surface area contributed by atoms with Crippen LogP contribution >= 0.6 is 35.6 Å². The standard InChI is InChI=1S/C23H31ClN4O3.HI/c1-5-31-22-18(24)12-16(13-21(22)30-4)14-26-23(25-2)27-17-10-11-28(15-17)19-8-6-7-9-20(19)29-3;/h6-9,12-13,17H,5,10-11,14-15H2,1-4H3,(H2,25,26,27);1H. The lowest BCUT2D eigenvalue weighted by Gasteiger charge is -2.22. The van der Waals surface area contributed by atoms with Gasteiger partial charge in [0.2, 0.25) is 0 Å². The molecule has 7 nitrogen and oxygen atoms in total. The van der Waals surface area contributed by atoms with E-state index >= 15 is 0 Å². The third-order valence-corrected chi connectivity index (χ3v) is 5.50. The van der Waals surface area contributed by atoms with Gasteiger partial charge >= 0.3 is 0 Å². The molecule has 9 heteroatoms. The van der Waals surface area contributed by atoms with E-state index in [0.717, 1.165) is 42.5 Å². The highest BCUT2D eigenvalue weighted by atomic mass is 127. The molecule has 2 N–H and O–H groups in total. The molecule has 1 unspecified atom stereocenters. The average molecular weight is 575 g/mol. The molecule has 32 heavy (non-hydrogen) atoms. The summed E-state index contributed by atoms with van der Waals surface area (Å²) < 4.78 is 16.5. The maximum atomic E-state index is 6.38. The summed E-state index contributed by atoms with van der Waals surface area (Å²) in [6.45, 7) is 4.84. The molecular weight excluding hydrogens is 543 g/mol. The fourth-order valence-corrected chi connectivity index (χ4v) is 4.01. The van der Waals surface area contributed by atoms with E-state index in [-0.39, 0.29) is 30.0 Å². The number of hydrogen-bond acceptors (Lipinski definition) is 5. The van der Waals surface area contributed by atoms with Crippen LogP contribution in [-0.2, 0) is 6.54 Å². The van der Waals surface area contributed by atoms with Gasteiger partial charge < -0.3 is 29.7 Å². The smallest absolute Gasteiger partial charge is 0.191 e. The quantitative estimate of drug-likeness (QED) is 0.278. The largest absolute Gasteiger partial charge is 0.495 e. The zero-order valence-electron chi connectivity index (χ0n) is 19.0. The van der Waals surface area contributed by atoms with Crippen molar-refractivity contribution in [3.8, 4) is 17.2 Å². The molecule has 1 atom stereocenters. The molecule has 0 saturated carbocycles. The lowest BCUT2D eigenvalue weighted by atomic mass is 10.2. The highest BCUT2D eigenvalue weighted by Gasteiger charge is 2.25. The Bertz CT molecular complexity index is 913. The van der Waals surface area contributed by atoms with Gasteiger partial charge in [-0.25, -0.2) is 0 Å². The van der Waals surface area contributed by atoms with Crippen molar-refractivity contribution in [2.75, 3.05) is 45.9 Å². The lowest BCUT2D eigenvalue weighted by Crippen LogP contribution is -2.44. The first kappa shape index (κ1) is 26.2. The topological polar surface area (TPSA) is 67.4 Å². The summed E-state index contributed by atoms with van der Waals surface area (Å²) in [4.78, 5) is 6.71. The van der Waals surface area contributed by atoms with Crippen molar-refractivity contribution in [3.05, 3.63) is 47.0 Å². The molecule has 0 aromatic heterocycles. The van der Waals surface area contributed by atoms with Crippen molar-refractivity contribution in [1.29, 1.82) is 0 Å². The van der Waals surface area contributed by atoms with E-state index in [9.17, 15) is 0 Å². The van der Waals surface area contributed by atoms with Crippen molar-refractivity contribution in [1.82, 2.24) is 10.6 Å². The summed E-state index contributed by atoms with van der Waals surface area (Å²) in [7, 11) is 5.09. The van der Waals surface area contributed by atoms with Gasteiger partial charge in [-0.15, -0.1) is 24.0 Å². The first-order chi connectivity index (χ1) is 15.1. The van der Waals surface area contributed by atoms with Crippen LogP contribution < -0.4 is 29.7 Å². The third kappa shape index (κ3) is 6.48. The van der Waals surface area contributed by atoms with E-state index in [1.165, 1.54) is 0 Å². The fourth-order valence-electron chi connectivity index (χ4n) is 3.72. The van der Waals surface area contributed by atoms with Gasteiger partial charge in [-0.3, -0.25) is 4.99 Å². The van der Waals surface area contributed by atoms with E-state index in [2.05, 4.69) is 26.6 Å². The van der Waals surface area contributed by atoms with Crippen LogP contribution in [-0.4, -0.2) is 53.0 Å². The highest BCUT2D eigenvalue weighted by Crippen LogP contribution is 2.36.